The van der Waals surface area contributed by atoms with Crippen molar-refractivity contribution >= 4 is 17.5 Å². The summed E-state index contributed by atoms with van der Waals surface area (Å²) in [5, 5.41) is 3.08. The quantitative estimate of drug-likeness (QED) is 0.865. The summed E-state index contributed by atoms with van der Waals surface area (Å²) >= 11 is 0. The molecule has 27 heavy (non-hydrogen) atoms. The number of carbonyl (C=O) groups is 2. The van der Waals surface area contributed by atoms with Crippen molar-refractivity contribution < 1.29 is 9.59 Å². The Morgan fingerprint density at radius 1 is 0.963 bits per heavy atom. The summed E-state index contributed by atoms with van der Waals surface area (Å²) in [7, 11) is 0. The summed E-state index contributed by atoms with van der Waals surface area (Å²) in [4.78, 5) is 30.0. The topological polar surface area (TPSA) is 52.7 Å². The van der Waals surface area contributed by atoms with E-state index in [1.807, 2.05) is 36.9 Å². The molecule has 3 rings (SSSR count). The van der Waals surface area contributed by atoms with Gasteiger partial charge in [-0.25, -0.2) is 0 Å². The van der Waals surface area contributed by atoms with Crippen LogP contribution in [0.4, 0.5) is 5.69 Å². The van der Waals surface area contributed by atoms with E-state index in [1.165, 1.54) is 12.1 Å². The fraction of sp³-hybridized carbons (Fsp3) is 0.636. The summed E-state index contributed by atoms with van der Waals surface area (Å²) in [5.41, 5.74) is 1.20. The summed E-state index contributed by atoms with van der Waals surface area (Å²) < 4.78 is 0. The summed E-state index contributed by atoms with van der Waals surface area (Å²) in [6.07, 6.45) is 5.39. The highest BCUT2D eigenvalue weighted by molar-refractivity contribution is 5.89. The van der Waals surface area contributed by atoms with E-state index < -0.39 is 6.04 Å². The first-order valence-electron chi connectivity index (χ1n) is 10.5. The second-order valence-electron chi connectivity index (χ2n) is 8.21. The number of hydrogen-bond donors (Lipinski definition) is 1. The zero-order valence-electron chi connectivity index (χ0n) is 16.7. The molecule has 148 valence electrons. The lowest BCUT2D eigenvalue weighted by atomic mass is 9.88. The number of amides is 2. The van der Waals surface area contributed by atoms with Crippen molar-refractivity contribution in [3.63, 3.8) is 0 Å². The van der Waals surface area contributed by atoms with Crippen LogP contribution >= 0.6 is 0 Å². The predicted octanol–water partition coefficient (Wildman–Crippen LogP) is 3.06. The predicted molar refractivity (Wildman–Crippen MR) is 109 cm³/mol. The third kappa shape index (κ3) is 5.02. The minimum atomic E-state index is -0.414. The number of benzene rings is 1. The van der Waals surface area contributed by atoms with Gasteiger partial charge in [-0.3, -0.25) is 9.59 Å². The summed E-state index contributed by atoms with van der Waals surface area (Å²) in [6, 6.07) is 9.91. The van der Waals surface area contributed by atoms with Gasteiger partial charge >= 0.3 is 0 Å². The Morgan fingerprint density at radius 2 is 1.59 bits per heavy atom. The van der Waals surface area contributed by atoms with Crippen LogP contribution in [0.3, 0.4) is 0 Å². The molecule has 1 N–H and O–H groups in total. The Hall–Kier alpha value is -2.04. The molecule has 1 saturated carbocycles. The zero-order chi connectivity index (χ0) is 19.2. The summed E-state index contributed by atoms with van der Waals surface area (Å²) in [5.74, 6) is 0.325. The standard InChI is InChI=1S/C22H33N3O2/c1-17(2)20(23-21(26)18-9-5-3-6-10-18)22(27)25-15-13-24(14-16-25)19-11-7-4-8-12-19/h4,7-8,11-12,17-18,20H,3,5-6,9-10,13-16H2,1-2H3,(H,23,26). The van der Waals surface area contributed by atoms with E-state index in [0.29, 0.717) is 13.1 Å². The van der Waals surface area contributed by atoms with Gasteiger partial charge in [-0.05, 0) is 30.9 Å². The molecule has 0 spiro atoms. The smallest absolute Gasteiger partial charge is 0.245 e. The second-order valence-corrected chi connectivity index (χ2v) is 8.21. The second kappa shape index (κ2) is 9.25. The largest absolute Gasteiger partial charge is 0.368 e. The van der Waals surface area contributed by atoms with E-state index in [4.69, 9.17) is 0 Å². The van der Waals surface area contributed by atoms with Gasteiger partial charge in [0.2, 0.25) is 11.8 Å². The molecule has 1 aliphatic carbocycles. The third-order valence-corrected chi connectivity index (χ3v) is 5.92. The van der Waals surface area contributed by atoms with Gasteiger partial charge in [-0.15, -0.1) is 0 Å². The van der Waals surface area contributed by atoms with Crippen molar-refractivity contribution in [2.75, 3.05) is 31.1 Å². The molecule has 5 heteroatoms. The average Bonchev–Trinajstić information content (AvgIpc) is 2.72. The number of nitrogens with one attached hydrogen (secondary N) is 1. The van der Waals surface area contributed by atoms with Crippen LogP contribution in [0.2, 0.25) is 0 Å². The molecule has 1 aromatic rings. The molecule has 1 heterocycles. The lowest BCUT2D eigenvalue weighted by Crippen LogP contribution is -2.57. The fourth-order valence-electron chi connectivity index (χ4n) is 4.17. The molecule has 2 aliphatic rings. The molecule has 0 aromatic heterocycles. The van der Waals surface area contributed by atoms with Crippen molar-refractivity contribution in [2.24, 2.45) is 11.8 Å². The third-order valence-electron chi connectivity index (χ3n) is 5.92. The van der Waals surface area contributed by atoms with Crippen molar-refractivity contribution in [3.05, 3.63) is 30.3 Å². The lowest BCUT2D eigenvalue weighted by molar-refractivity contribution is -0.139. The molecule has 1 atom stereocenters. The average molecular weight is 372 g/mol. The Kier molecular flexibility index (Phi) is 6.75. The Bertz CT molecular complexity index is 618. The molecule has 1 saturated heterocycles. The van der Waals surface area contributed by atoms with Crippen molar-refractivity contribution in [1.82, 2.24) is 10.2 Å². The van der Waals surface area contributed by atoms with Gasteiger partial charge in [0.25, 0.3) is 0 Å². The molecular weight excluding hydrogens is 338 g/mol. The maximum atomic E-state index is 13.1. The van der Waals surface area contributed by atoms with Crippen molar-refractivity contribution in [3.8, 4) is 0 Å². The van der Waals surface area contributed by atoms with Gasteiger partial charge in [0.05, 0.1) is 0 Å². The maximum absolute atomic E-state index is 13.1. The number of piperazine rings is 1. The van der Waals surface area contributed by atoms with Crippen LogP contribution in [-0.4, -0.2) is 48.9 Å². The van der Waals surface area contributed by atoms with Crippen LogP contribution in [0.15, 0.2) is 30.3 Å². The minimum Gasteiger partial charge on any atom is -0.368 e. The van der Waals surface area contributed by atoms with Crippen LogP contribution in [0, 0.1) is 11.8 Å². The van der Waals surface area contributed by atoms with E-state index >= 15 is 0 Å². The van der Waals surface area contributed by atoms with E-state index in [-0.39, 0.29) is 23.7 Å². The fourth-order valence-corrected chi connectivity index (χ4v) is 4.17. The molecule has 2 amide bonds. The van der Waals surface area contributed by atoms with Crippen LogP contribution in [-0.2, 0) is 9.59 Å². The van der Waals surface area contributed by atoms with Crippen molar-refractivity contribution in [1.29, 1.82) is 0 Å². The van der Waals surface area contributed by atoms with Gasteiger partial charge in [0.1, 0.15) is 6.04 Å². The SMILES string of the molecule is CC(C)C(NC(=O)C1CCCCC1)C(=O)N1CCN(c2ccccc2)CC1. The van der Waals surface area contributed by atoms with E-state index in [2.05, 4.69) is 22.3 Å². The van der Waals surface area contributed by atoms with Gasteiger partial charge in [0.15, 0.2) is 0 Å². The van der Waals surface area contributed by atoms with Crippen LogP contribution in [0.5, 0.6) is 0 Å². The van der Waals surface area contributed by atoms with Crippen LogP contribution in [0.1, 0.15) is 46.0 Å². The number of anilines is 1. The first-order valence-corrected chi connectivity index (χ1v) is 10.5. The minimum absolute atomic E-state index is 0.0712. The van der Waals surface area contributed by atoms with Gasteiger partial charge in [-0.2, -0.15) is 0 Å². The molecule has 5 nitrogen and oxygen atoms in total. The Balaban J connectivity index is 1.56. The number of carbonyl (C=O) groups excluding carboxylic acids is 2. The van der Waals surface area contributed by atoms with Gasteiger partial charge in [0, 0.05) is 37.8 Å². The first-order chi connectivity index (χ1) is 13.1. The number of rotatable bonds is 5. The highest BCUT2D eigenvalue weighted by Crippen LogP contribution is 2.24. The highest BCUT2D eigenvalue weighted by Gasteiger charge is 2.32. The van der Waals surface area contributed by atoms with Gasteiger partial charge < -0.3 is 15.1 Å². The number of nitrogens with zero attached hydrogens (tertiary/aromatic N) is 2. The maximum Gasteiger partial charge on any atom is 0.245 e. The van der Waals surface area contributed by atoms with Crippen LogP contribution < -0.4 is 10.2 Å². The van der Waals surface area contributed by atoms with E-state index in [0.717, 1.165) is 38.8 Å². The molecule has 0 radical (unpaired) electrons. The molecule has 0 bridgehead atoms. The first kappa shape index (κ1) is 19.7. The number of hydrogen-bond acceptors (Lipinski definition) is 3. The van der Waals surface area contributed by atoms with Gasteiger partial charge in [-0.1, -0.05) is 51.3 Å². The normalized spacial score (nSPS) is 19.8. The monoisotopic (exact) mass is 371 g/mol. The molecule has 1 aliphatic heterocycles. The molecule has 2 fully saturated rings. The van der Waals surface area contributed by atoms with E-state index in [1.54, 1.807) is 0 Å². The Labute approximate surface area is 163 Å². The zero-order valence-corrected chi connectivity index (χ0v) is 16.7. The molecular formula is C22H33N3O2. The van der Waals surface area contributed by atoms with Crippen LogP contribution in [0.25, 0.3) is 0 Å². The highest BCUT2D eigenvalue weighted by atomic mass is 16.2. The summed E-state index contributed by atoms with van der Waals surface area (Å²) in [6.45, 7) is 7.11. The molecule has 1 unspecified atom stereocenters. The lowest BCUT2D eigenvalue weighted by Gasteiger charge is -2.38. The number of para-hydroxylation sites is 1. The van der Waals surface area contributed by atoms with E-state index in [9.17, 15) is 9.59 Å². The molecule has 1 aromatic carbocycles. The van der Waals surface area contributed by atoms with Crippen molar-refractivity contribution in [2.45, 2.75) is 52.0 Å². The Morgan fingerprint density at radius 3 is 2.19 bits per heavy atom.